The minimum Gasteiger partial charge on any atom is -0.463 e. The van der Waals surface area contributed by atoms with Crippen molar-refractivity contribution in [1.29, 1.82) is 0 Å². The number of hydrogen-bond acceptors (Lipinski definition) is 4. The van der Waals surface area contributed by atoms with E-state index >= 15 is 0 Å². The monoisotopic (exact) mass is 375 g/mol. The van der Waals surface area contributed by atoms with Crippen molar-refractivity contribution in [2.45, 2.75) is 46.5 Å². The highest BCUT2D eigenvalue weighted by Gasteiger charge is 2.50. The van der Waals surface area contributed by atoms with E-state index < -0.39 is 34.9 Å². The molecule has 0 saturated heterocycles. The third-order valence-electron chi connectivity index (χ3n) is 5.47. The summed E-state index contributed by atoms with van der Waals surface area (Å²) in [6.07, 6.45) is 1.20. The number of allylic oxidation sites excluding steroid dienone is 1. The van der Waals surface area contributed by atoms with Crippen LogP contribution in [-0.2, 0) is 14.3 Å². The van der Waals surface area contributed by atoms with Gasteiger partial charge in [-0.25, -0.2) is 13.6 Å². The van der Waals surface area contributed by atoms with Crippen molar-refractivity contribution in [2.24, 2.45) is 16.3 Å². The predicted octanol–water partition coefficient (Wildman–Crippen LogP) is 4.35. The van der Waals surface area contributed by atoms with Crippen LogP contribution in [0.3, 0.4) is 0 Å². The summed E-state index contributed by atoms with van der Waals surface area (Å²) >= 11 is 0. The Balaban J connectivity index is 2.24. The van der Waals surface area contributed by atoms with Gasteiger partial charge in [-0.1, -0.05) is 26.0 Å². The molecular formula is C21H23F2NO3. The minimum absolute atomic E-state index is 0.0131. The fraction of sp³-hybridized carbons (Fsp3) is 0.476. The topological polar surface area (TPSA) is 55.7 Å². The van der Waals surface area contributed by atoms with Gasteiger partial charge < -0.3 is 4.74 Å². The first-order valence-corrected chi connectivity index (χ1v) is 9.12. The molecule has 0 spiro atoms. The summed E-state index contributed by atoms with van der Waals surface area (Å²) in [6.45, 7) is 7.11. The second-order valence-electron chi connectivity index (χ2n) is 7.67. The molecule has 1 aliphatic heterocycles. The van der Waals surface area contributed by atoms with E-state index in [4.69, 9.17) is 4.74 Å². The number of Topliss-reactive ketones (excluding diaryl/α,β-unsaturated/α-hetero) is 1. The van der Waals surface area contributed by atoms with Crippen LogP contribution in [0.5, 0.6) is 0 Å². The molecule has 3 rings (SSSR count). The summed E-state index contributed by atoms with van der Waals surface area (Å²) in [4.78, 5) is 30.4. The van der Waals surface area contributed by atoms with E-state index in [9.17, 15) is 18.4 Å². The van der Waals surface area contributed by atoms with E-state index in [1.54, 1.807) is 13.8 Å². The number of ketones is 1. The van der Waals surface area contributed by atoms with Crippen LogP contribution in [0.25, 0.3) is 0 Å². The summed E-state index contributed by atoms with van der Waals surface area (Å²) in [5.41, 5.74) is 0.498. The third-order valence-corrected chi connectivity index (χ3v) is 5.47. The number of fused-ring (bicyclic) bond motifs is 1. The Labute approximate surface area is 157 Å². The number of nitrogens with zero attached hydrogens (tertiary/aromatic N) is 1. The van der Waals surface area contributed by atoms with Crippen molar-refractivity contribution >= 4 is 17.5 Å². The molecule has 1 saturated carbocycles. The number of rotatable bonds is 3. The Hall–Kier alpha value is -2.37. The van der Waals surface area contributed by atoms with E-state index in [2.05, 4.69) is 4.99 Å². The lowest BCUT2D eigenvalue weighted by molar-refractivity contribution is -0.139. The second-order valence-corrected chi connectivity index (χ2v) is 7.67. The fourth-order valence-electron chi connectivity index (χ4n) is 4.01. The van der Waals surface area contributed by atoms with Gasteiger partial charge >= 0.3 is 5.97 Å². The summed E-state index contributed by atoms with van der Waals surface area (Å²) in [5, 5.41) is 0. The van der Waals surface area contributed by atoms with Crippen LogP contribution in [-0.4, -0.2) is 24.1 Å². The lowest BCUT2D eigenvalue weighted by Crippen LogP contribution is -2.46. The van der Waals surface area contributed by atoms with E-state index in [0.29, 0.717) is 24.3 Å². The van der Waals surface area contributed by atoms with E-state index in [0.717, 1.165) is 6.07 Å². The van der Waals surface area contributed by atoms with Crippen molar-refractivity contribution < 1.29 is 23.1 Å². The molecule has 0 N–H and O–H groups in total. The minimum atomic E-state index is -1.05. The Morgan fingerprint density at radius 3 is 2.67 bits per heavy atom. The molecule has 1 heterocycles. The maximum atomic E-state index is 14.7. The van der Waals surface area contributed by atoms with Gasteiger partial charge in [-0.2, -0.15) is 0 Å². The van der Waals surface area contributed by atoms with Gasteiger partial charge in [0, 0.05) is 22.7 Å². The van der Waals surface area contributed by atoms with E-state index in [1.165, 1.54) is 12.1 Å². The Kier molecular flexibility index (Phi) is 5.02. The first kappa shape index (κ1) is 19.4. The van der Waals surface area contributed by atoms with Crippen molar-refractivity contribution in [2.75, 3.05) is 6.61 Å². The average molecular weight is 375 g/mol. The van der Waals surface area contributed by atoms with Gasteiger partial charge in [0.25, 0.3) is 0 Å². The van der Waals surface area contributed by atoms with Gasteiger partial charge in [-0.3, -0.25) is 9.79 Å². The molecule has 6 heteroatoms. The number of carbonyl (C=O) groups is 2. The first-order chi connectivity index (χ1) is 12.7. The quantitative estimate of drug-likeness (QED) is 0.738. The van der Waals surface area contributed by atoms with E-state index in [1.807, 2.05) is 13.8 Å². The van der Waals surface area contributed by atoms with Crippen molar-refractivity contribution in [3.8, 4) is 0 Å². The fourth-order valence-corrected chi connectivity index (χ4v) is 4.01. The maximum Gasteiger partial charge on any atom is 0.336 e. The summed E-state index contributed by atoms with van der Waals surface area (Å²) < 4.78 is 33.8. The lowest BCUT2D eigenvalue weighted by atomic mass is 9.62. The van der Waals surface area contributed by atoms with Gasteiger partial charge in [0.2, 0.25) is 0 Å². The van der Waals surface area contributed by atoms with Crippen LogP contribution in [0.1, 0.15) is 52.0 Å². The third kappa shape index (κ3) is 3.22. The number of hydrogen-bond donors (Lipinski definition) is 0. The summed E-state index contributed by atoms with van der Waals surface area (Å²) in [5.74, 6) is -4.57. The summed E-state index contributed by atoms with van der Waals surface area (Å²) in [6, 6.07) is 3.83. The number of aliphatic imine (C=N–C) groups is 1. The molecule has 1 aliphatic carbocycles. The van der Waals surface area contributed by atoms with Gasteiger partial charge in [0.15, 0.2) is 11.6 Å². The number of esters is 1. The largest absolute Gasteiger partial charge is 0.463 e. The SMILES string of the molecule is CCOC(=O)C1=C(C)N=C2CCC(C)(C)C(=O)C2C1c1cccc(F)c1F. The van der Waals surface area contributed by atoms with Gasteiger partial charge in [0.05, 0.1) is 18.1 Å². The van der Waals surface area contributed by atoms with Gasteiger partial charge in [-0.15, -0.1) is 0 Å². The van der Waals surface area contributed by atoms with Crippen LogP contribution < -0.4 is 0 Å². The van der Waals surface area contributed by atoms with Crippen molar-refractivity contribution in [3.05, 3.63) is 46.7 Å². The molecule has 2 atom stereocenters. The van der Waals surface area contributed by atoms with Crippen LogP contribution >= 0.6 is 0 Å². The molecule has 0 bridgehead atoms. The smallest absolute Gasteiger partial charge is 0.336 e. The van der Waals surface area contributed by atoms with Gasteiger partial charge in [-0.05, 0) is 38.3 Å². The molecule has 1 aromatic rings. The standard InChI is InChI=1S/C21H23F2NO3/c1-5-27-20(26)15-11(2)24-14-9-10-21(3,4)19(25)17(14)16(15)12-7-6-8-13(22)18(12)23/h6-8,16-17H,5,9-10H2,1-4H3. The normalized spacial score (nSPS) is 24.4. The second kappa shape index (κ2) is 6.98. The van der Waals surface area contributed by atoms with Crippen molar-refractivity contribution in [3.63, 3.8) is 0 Å². The Morgan fingerprint density at radius 1 is 1.30 bits per heavy atom. The van der Waals surface area contributed by atoms with Crippen LogP contribution in [0, 0.1) is 23.0 Å². The average Bonchev–Trinajstić information content (AvgIpc) is 2.60. The molecule has 1 aromatic carbocycles. The Morgan fingerprint density at radius 2 is 2.00 bits per heavy atom. The first-order valence-electron chi connectivity index (χ1n) is 9.12. The summed E-state index contributed by atoms with van der Waals surface area (Å²) in [7, 11) is 0. The highest BCUT2D eigenvalue weighted by molar-refractivity contribution is 6.13. The molecular weight excluding hydrogens is 352 g/mol. The lowest BCUT2D eigenvalue weighted by Gasteiger charge is -2.41. The van der Waals surface area contributed by atoms with Crippen LogP contribution in [0.15, 0.2) is 34.5 Å². The molecule has 0 amide bonds. The molecule has 2 aliphatic rings. The predicted molar refractivity (Wildman–Crippen MR) is 97.4 cm³/mol. The van der Waals surface area contributed by atoms with Gasteiger partial charge in [0.1, 0.15) is 5.78 Å². The zero-order chi connectivity index (χ0) is 19.9. The Bertz CT molecular complexity index is 870. The number of ether oxygens (including phenoxy) is 1. The van der Waals surface area contributed by atoms with Crippen LogP contribution in [0.2, 0.25) is 0 Å². The highest BCUT2D eigenvalue weighted by atomic mass is 19.2. The highest BCUT2D eigenvalue weighted by Crippen LogP contribution is 2.47. The molecule has 0 aromatic heterocycles. The molecule has 144 valence electrons. The number of halogens is 2. The zero-order valence-corrected chi connectivity index (χ0v) is 15.9. The van der Waals surface area contributed by atoms with Crippen molar-refractivity contribution in [1.82, 2.24) is 0 Å². The number of carbonyl (C=O) groups excluding carboxylic acids is 2. The number of benzene rings is 1. The molecule has 0 radical (unpaired) electrons. The van der Waals surface area contributed by atoms with Crippen LogP contribution in [0.4, 0.5) is 8.78 Å². The molecule has 2 unspecified atom stereocenters. The molecule has 1 fully saturated rings. The van der Waals surface area contributed by atoms with E-state index in [-0.39, 0.29) is 23.5 Å². The maximum absolute atomic E-state index is 14.7. The molecule has 4 nitrogen and oxygen atoms in total. The zero-order valence-electron chi connectivity index (χ0n) is 15.9. The molecule has 27 heavy (non-hydrogen) atoms.